The summed E-state index contributed by atoms with van der Waals surface area (Å²) in [6.07, 6.45) is 0. The molecule has 0 amide bonds. The van der Waals surface area contributed by atoms with Crippen molar-refractivity contribution in [3.63, 3.8) is 0 Å². The first-order valence-electron chi connectivity index (χ1n) is 6.15. The highest BCUT2D eigenvalue weighted by molar-refractivity contribution is 7.85. The Kier molecular flexibility index (Phi) is 4.74. The molecule has 0 aliphatic heterocycles. The van der Waals surface area contributed by atoms with Gasteiger partial charge in [0.1, 0.15) is 0 Å². The molecule has 0 aliphatic rings. The molecule has 7 nitrogen and oxygen atoms in total. The number of ether oxygens (including phenoxy) is 2. The number of methoxy groups -OCH3 is 2. The lowest BCUT2D eigenvalue weighted by Crippen LogP contribution is -1.96. The van der Waals surface area contributed by atoms with E-state index in [2.05, 4.69) is 10.2 Å². The van der Waals surface area contributed by atoms with Gasteiger partial charge in [-0.3, -0.25) is 4.55 Å². The molecule has 0 saturated heterocycles. The Hall–Kier alpha value is -2.45. The smallest absolute Gasteiger partial charge is 0.294 e. The summed E-state index contributed by atoms with van der Waals surface area (Å²) >= 11 is 0. The lowest BCUT2D eigenvalue weighted by atomic mass is 10.3. The van der Waals surface area contributed by atoms with Crippen LogP contribution in [0.15, 0.2) is 57.6 Å². The van der Waals surface area contributed by atoms with Crippen LogP contribution in [0.4, 0.5) is 11.4 Å². The van der Waals surface area contributed by atoms with Crippen LogP contribution < -0.4 is 9.47 Å². The van der Waals surface area contributed by atoms with E-state index in [-0.39, 0.29) is 4.90 Å². The quantitative estimate of drug-likeness (QED) is 0.672. The van der Waals surface area contributed by atoms with Crippen LogP contribution in [0.25, 0.3) is 0 Å². The van der Waals surface area contributed by atoms with Crippen LogP contribution in [0.5, 0.6) is 11.5 Å². The highest BCUT2D eigenvalue weighted by Crippen LogP contribution is 2.31. The van der Waals surface area contributed by atoms with Gasteiger partial charge in [-0.1, -0.05) is 0 Å². The molecule has 0 saturated carbocycles. The number of benzene rings is 2. The van der Waals surface area contributed by atoms with Crippen LogP contribution in [0.2, 0.25) is 0 Å². The summed E-state index contributed by atoms with van der Waals surface area (Å²) in [6, 6.07) is 10.4. The molecule has 0 heterocycles. The van der Waals surface area contributed by atoms with Crippen LogP contribution in [0.1, 0.15) is 0 Å². The maximum absolute atomic E-state index is 10.9. The average molecular weight is 322 g/mol. The lowest BCUT2D eigenvalue weighted by molar-refractivity contribution is 0.355. The molecule has 0 aliphatic carbocycles. The van der Waals surface area contributed by atoms with E-state index in [4.69, 9.17) is 14.0 Å². The van der Waals surface area contributed by atoms with Crippen LogP contribution in [0, 0.1) is 0 Å². The van der Waals surface area contributed by atoms with Gasteiger partial charge in [-0.25, -0.2) is 0 Å². The number of azo groups is 1. The summed E-state index contributed by atoms with van der Waals surface area (Å²) in [5, 5.41) is 8.01. The van der Waals surface area contributed by atoms with Crippen molar-refractivity contribution in [3.8, 4) is 11.5 Å². The first kappa shape index (κ1) is 15.9. The van der Waals surface area contributed by atoms with Gasteiger partial charge in [0.15, 0.2) is 11.5 Å². The molecule has 0 fully saturated rings. The second kappa shape index (κ2) is 6.54. The van der Waals surface area contributed by atoms with Crippen molar-refractivity contribution in [3.05, 3.63) is 42.5 Å². The van der Waals surface area contributed by atoms with E-state index in [1.54, 1.807) is 18.2 Å². The zero-order chi connectivity index (χ0) is 16.2. The van der Waals surface area contributed by atoms with Crippen LogP contribution in [-0.2, 0) is 10.1 Å². The van der Waals surface area contributed by atoms with Gasteiger partial charge < -0.3 is 9.47 Å². The van der Waals surface area contributed by atoms with E-state index in [0.717, 1.165) is 0 Å². The summed E-state index contributed by atoms with van der Waals surface area (Å²) in [5.41, 5.74) is 0.999. The van der Waals surface area contributed by atoms with Gasteiger partial charge in [0.05, 0.1) is 30.5 Å². The Morgan fingerprint density at radius 3 is 1.95 bits per heavy atom. The van der Waals surface area contributed by atoms with Gasteiger partial charge in [-0.05, 0) is 36.4 Å². The second-order valence-corrected chi connectivity index (χ2v) is 5.63. The van der Waals surface area contributed by atoms with Crippen molar-refractivity contribution in [2.75, 3.05) is 14.2 Å². The van der Waals surface area contributed by atoms with Crippen molar-refractivity contribution in [1.29, 1.82) is 0 Å². The van der Waals surface area contributed by atoms with Crippen molar-refractivity contribution in [2.45, 2.75) is 4.90 Å². The van der Waals surface area contributed by atoms with Gasteiger partial charge in [0.2, 0.25) is 0 Å². The predicted octanol–water partition coefficient (Wildman–Crippen LogP) is 3.37. The van der Waals surface area contributed by atoms with Crippen molar-refractivity contribution in [1.82, 2.24) is 0 Å². The fourth-order valence-corrected chi connectivity index (χ4v) is 2.17. The van der Waals surface area contributed by atoms with Gasteiger partial charge in [0, 0.05) is 6.07 Å². The van der Waals surface area contributed by atoms with E-state index < -0.39 is 10.1 Å². The molecular formula is C14H14N2O5S. The minimum atomic E-state index is -4.21. The molecule has 0 aromatic heterocycles. The third-order valence-electron chi connectivity index (χ3n) is 2.78. The zero-order valence-corrected chi connectivity index (χ0v) is 12.7. The Bertz CT molecular complexity index is 785. The first-order valence-corrected chi connectivity index (χ1v) is 7.59. The minimum Gasteiger partial charge on any atom is -0.493 e. The standard InChI is InChI=1S/C14H14N2O5S/c1-20-13-8-5-11(9-14(13)21-2)16-15-10-3-6-12(7-4-10)22(17,18)19/h3-9H,1-2H3,(H,17,18,19). The Morgan fingerprint density at radius 2 is 1.41 bits per heavy atom. The highest BCUT2D eigenvalue weighted by atomic mass is 32.2. The number of hydrogen-bond donors (Lipinski definition) is 1. The summed E-state index contributed by atoms with van der Waals surface area (Å²) in [7, 11) is -1.15. The third-order valence-corrected chi connectivity index (χ3v) is 3.65. The Morgan fingerprint density at radius 1 is 0.864 bits per heavy atom. The fraction of sp³-hybridized carbons (Fsp3) is 0.143. The summed E-state index contributed by atoms with van der Waals surface area (Å²) < 4.78 is 41.0. The van der Waals surface area contributed by atoms with Gasteiger partial charge in [0.25, 0.3) is 10.1 Å². The predicted molar refractivity (Wildman–Crippen MR) is 80.0 cm³/mol. The topological polar surface area (TPSA) is 97.6 Å². The maximum Gasteiger partial charge on any atom is 0.294 e. The van der Waals surface area contributed by atoms with E-state index in [0.29, 0.717) is 22.9 Å². The molecule has 0 radical (unpaired) electrons. The van der Waals surface area contributed by atoms with Crippen LogP contribution >= 0.6 is 0 Å². The van der Waals surface area contributed by atoms with Crippen LogP contribution in [-0.4, -0.2) is 27.2 Å². The molecule has 22 heavy (non-hydrogen) atoms. The molecule has 1 N–H and O–H groups in total. The molecule has 0 spiro atoms. The van der Waals surface area contributed by atoms with Crippen molar-refractivity contribution >= 4 is 21.5 Å². The molecule has 0 bridgehead atoms. The average Bonchev–Trinajstić information content (AvgIpc) is 2.52. The normalized spacial score (nSPS) is 11.6. The van der Waals surface area contributed by atoms with Crippen molar-refractivity contribution < 1.29 is 22.4 Å². The van der Waals surface area contributed by atoms with Gasteiger partial charge in [-0.15, -0.1) is 0 Å². The molecule has 8 heteroatoms. The number of nitrogens with zero attached hydrogens (tertiary/aromatic N) is 2. The van der Waals surface area contributed by atoms with E-state index in [1.807, 2.05) is 0 Å². The Balaban J connectivity index is 2.21. The van der Waals surface area contributed by atoms with Gasteiger partial charge >= 0.3 is 0 Å². The monoisotopic (exact) mass is 322 g/mol. The summed E-state index contributed by atoms with van der Waals surface area (Å²) in [4.78, 5) is -0.197. The molecule has 116 valence electrons. The number of rotatable bonds is 5. The molecular weight excluding hydrogens is 308 g/mol. The largest absolute Gasteiger partial charge is 0.493 e. The second-order valence-electron chi connectivity index (χ2n) is 4.21. The number of hydrogen-bond acceptors (Lipinski definition) is 6. The molecule has 2 rings (SSSR count). The van der Waals surface area contributed by atoms with Crippen LogP contribution in [0.3, 0.4) is 0 Å². The van der Waals surface area contributed by atoms with Crippen molar-refractivity contribution in [2.24, 2.45) is 10.2 Å². The Labute approximate surface area is 128 Å². The fourth-order valence-electron chi connectivity index (χ4n) is 1.69. The van der Waals surface area contributed by atoms with E-state index >= 15 is 0 Å². The van der Waals surface area contributed by atoms with E-state index in [1.165, 1.54) is 38.5 Å². The maximum atomic E-state index is 10.9. The molecule has 2 aromatic carbocycles. The lowest BCUT2D eigenvalue weighted by Gasteiger charge is -2.06. The van der Waals surface area contributed by atoms with Gasteiger partial charge in [-0.2, -0.15) is 18.6 Å². The van der Waals surface area contributed by atoms with E-state index in [9.17, 15) is 8.42 Å². The summed E-state index contributed by atoms with van der Waals surface area (Å²) in [5.74, 6) is 1.11. The third kappa shape index (κ3) is 3.80. The molecule has 0 atom stereocenters. The molecule has 0 unspecified atom stereocenters. The molecule has 2 aromatic rings. The zero-order valence-electron chi connectivity index (χ0n) is 11.9. The first-order chi connectivity index (χ1) is 10.4. The highest BCUT2D eigenvalue weighted by Gasteiger charge is 2.08. The SMILES string of the molecule is COc1ccc(N=Nc2ccc(S(=O)(=O)O)cc2)cc1OC. The summed E-state index contributed by atoms with van der Waals surface area (Å²) in [6.45, 7) is 0. The minimum absolute atomic E-state index is 0.197.